The van der Waals surface area contributed by atoms with Crippen molar-refractivity contribution in [3.8, 4) is 17.3 Å². The first-order chi connectivity index (χ1) is 40.9. The number of aliphatic hydroxyl groups is 5. The normalized spacial score (nSPS) is 34.0. The lowest BCUT2D eigenvalue weighted by Crippen LogP contribution is -2.61. The Morgan fingerprint density at radius 3 is 2.17 bits per heavy atom. The molecule has 0 radical (unpaired) electrons. The van der Waals surface area contributed by atoms with Crippen molar-refractivity contribution in [1.29, 1.82) is 0 Å². The number of nitrogens with zero attached hydrogens (tertiary/aromatic N) is 4. The number of H-pyrrole nitrogens is 1. The molecule has 3 saturated heterocycles. The number of imidazole rings is 1. The number of benzene rings is 1. The molecule has 9 N–H and O–H groups in total. The molecule has 1 unspecified atom stereocenters. The molecule has 19 atom stereocenters. The van der Waals surface area contributed by atoms with Crippen LogP contribution in [0.4, 0.5) is 11.5 Å². The van der Waals surface area contributed by atoms with E-state index < -0.39 is 108 Å². The number of nitrogens with one attached hydrogen (secondary N) is 4. The number of cyclic esters (lactones) is 1. The standard InChI is InChI=1S/C38H69NO13.C14H22N2O3.C10H9N5O/c1-15-26-38(10,45)31(42)21(4)28(40)19(2)17-37(9,47-14)33(52-35-29(41)25(39(11)12)16-20(3)48-35)22(5)30(23(6)34(44)50-26)51-27-18-36(8,46-13)32(43)24(7)49-27;1-10(2)15-8-13(18)9-19-14-6-4-12(5-7-14)16-11(3)17;1-2-7(16-3-1)4-11-9-8-10(13-5-12-8)15-6-14-9/h19-27,29-33,35,41-43,45H,15-18H2,1-14H3;4-7,10,13,15,18H,8-9H2,1-3H3,(H,16,17);1-3,5-6H,4H2,(H2,11,12,13,14,15)/t19-,20-,21+,22+,23-,24+,25+,26-,27+,29-,30+,31-,32+,33-,35+,36-,37-,38-;;/m1../s1. The molecule has 5 aliphatic heterocycles. The SMILES string of the molecule is CC(=O)Nc1ccc(OCC(O)CNC(C)C)cc1.CC[C@H]1OC(=O)[C@H](C)[C@@H](O[C@H]2C[C@@](C)(OC)[C@@H](O)[C@H](C)O2)[C@H](C)[C@@H](O[C@@H]2O[C@H](C)C[C@H](N(C)C)[C@H]2O)[C@](C)(OC)C[C@@H](C)C(=O)[C@H](C)[C@@H](O)[C@]1(C)O.c1coc(CNc2[nH]cnc3ncnc2-3)c1. The molecule has 2 aromatic rings. The summed E-state index contributed by atoms with van der Waals surface area (Å²) in [7, 11) is 6.77. The van der Waals surface area contributed by atoms with Crippen LogP contribution < -0.4 is 20.7 Å². The number of aromatic nitrogens is 4. The van der Waals surface area contributed by atoms with E-state index in [9.17, 15) is 39.9 Å². The number of anilines is 2. The van der Waals surface area contributed by atoms with Crippen LogP contribution in [-0.2, 0) is 54.1 Å². The van der Waals surface area contributed by atoms with Gasteiger partial charge in [-0.05, 0) is 111 Å². The Bertz CT molecular complexity index is 2660. The highest BCUT2D eigenvalue weighted by Crippen LogP contribution is 2.42. The van der Waals surface area contributed by atoms with Gasteiger partial charge in [0.05, 0.1) is 66.8 Å². The zero-order valence-corrected chi connectivity index (χ0v) is 53.9. The van der Waals surface area contributed by atoms with Crippen LogP contribution in [0.5, 0.6) is 5.75 Å². The van der Waals surface area contributed by atoms with Crippen LogP contribution in [0, 0.1) is 23.7 Å². The third-order valence-electron chi connectivity index (χ3n) is 16.9. The Hall–Kier alpha value is -5.26. The van der Waals surface area contributed by atoms with Gasteiger partial charge in [0, 0.05) is 69.6 Å². The second-order valence-corrected chi connectivity index (χ2v) is 24.6. The fourth-order valence-corrected chi connectivity index (χ4v) is 11.5. The molecule has 7 rings (SSSR count). The first-order valence-electron chi connectivity index (χ1n) is 30.1. The zero-order chi connectivity index (χ0) is 64.7. The van der Waals surface area contributed by atoms with Crippen LogP contribution in [0.15, 0.2) is 59.7 Å². The predicted octanol–water partition coefficient (Wildman–Crippen LogP) is 5.33. The Morgan fingerprint density at radius 1 is 0.897 bits per heavy atom. The summed E-state index contributed by atoms with van der Waals surface area (Å²) in [5, 5.41) is 64.2. The molecule has 5 aliphatic rings. The molecule has 0 bridgehead atoms. The number of Topliss-reactive ketones (excluding diaryl/α,β-unsaturated/α-hetero) is 1. The second-order valence-electron chi connectivity index (χ2n) is 24.6. The molecular weight excluding hydrogens is 1130 g/mol. The molecule has 0 spiro atoms. The number of rotatable bonds is 18. The van der Waals surface area contributed by atoms with Crippen molar-refractivity contribution in [2.24, 2.45) is 23.7 Å². The van der Waals surface area contributed by atoms with Crippen LogP contribution in [0.3, 0.4) is 0 Å². The van der Waals surface area contributed by atoms with Crippen molar-refractivity contribution >= 4 is 29.2 Å². The number of hydrogen-bond donors (Lipinski definition) is 9. The maximum Gasteiger partial charge on any atom is 0.311 e. The minimum Gasteiger partial charge on any atom is -0.491 e. The third kappa shape index (κ3) is 19.4. The molecule has 6 heterocycles. The summed E-state index contributed by atoms with van der Waals surface area (Å²) in [6.45, 7) is 23.9. The molecule has 490 valence electrons. The third-order valence-corrected chi connectivity index (χ3v) is 16.9. The van der Waals surface area contributed by atoms with Crippen LogP contribution in [0.1, 0.15) is 121 Å². The van der Waals surface area contributed by atoms with Gasteiger partial charge in [-0.2, -0.15) is 0 Å². The average molecular weight is 1230 g/mol. The van der Waals surface area contributed by atoms with E-state index in [-0.39, 0.29) is 49.7 Å². The summed E-state index contributed by atoms with van der Waals surface area (Å²) in [4.78, 5) is 56.1. The number of likely N-dealkylation sites (N-methyl/N-ethyl adjacent to an activating group) is 1. The van der Waals surface area contributed by atoms with E-state index in [1.807, 2.05) is 58.8 Å². The topological polar surface area (TPSA) is 333 Å². The van der Waals surface area contributed by atoms with E-state index in [1.165, 1.54) is 34.4 Å². The lowest BCUT2D eigenvalue weighted by Gasteiger charge is -2.50. The summed E-state index contributed by atoms with van der Waals surface area (Å²) in [5.74, 6) is -1.64. The summed E-state index contributed by atoms with van der Waals surface area (Å²) in [5.41, 5.74) is -2.79. The number of aliphatic hydroxyl groups excluding tert-OH is 4. The lowest BCUT2D eigenvalue weighted by atomic mass is 9.74. The number of aromatic amines is 1. The minimum atomic E-state index is -1.96. The molecule has 1 aromatic heterocycles. The zero-order valence-electron chi connectivity index (χ0n) is 53.9. The van der Waals surface area contributed by atoms with Gasteiger partial charge in [0.2, 0.25) is 5.91 Å². The number of fused-ring (bicyclic) bond motifs is 1. The van der Waals surface area contributed by atoms with Crippen molar-refractivity contribution < 1.29 is 82.2 Å². The van der Waals surface area contributed by atoms with Gasteiger partial charge in [-0.1, -0.05) is 41.5 Å². The van der Waals surface area contributed by atoms with Crippen LogP contribution >= 0.6 is 0 Å². The number of furan rings is 1. The summed E-state index contributed by atoms with van der Waals surface area (Å²) < 4.78 is 54.5. The average Bonchev–Trinajstić information content (AvgIpc) is 1.52. The molecule has 25 nitrogen and oxygen atoms in total. The minimum absolute atomic E-state index is 0.108. The number of hydrogen-bond acceptors (Lipinski definition) is 23. The highest BCUT2D eigenvalue weighted by atomic mass is 16.7. The number of ether oxygens (including phenoxy) is 8. The largest absolute Gasteiger partial charge is 0.491 e. The van der Waals surface area contributed by atoms with Gasteiger partial charge in [0.25, 0.3) is 0 Å². The van der Waals surface area contributed by atoms with Gasteiger partial charge in [0.15, 0.2) is 18.4 Å². The van der Waals surface area contributed by atoms with Crippen molar-refractivity contribution in [3.63, 3.8) is 0 Å². The molecule has 87 heavy (non-hydrogen) atoms. The highest BCUT2D eigenvalue weighted by Gasteiger charge is 2.54. The molecular formula is C62H100N8O17. The van der Waals surface area contributed by atoms with Crippen LogP contribution in [-0.4, -0.2) is 206 Å². The van der Waals surface area contributed by atoms with Gasteiger partial charge in [-0.3, -0.25) is 14.4 Å². The number of carbonyl (C=O) groups is 3. The molecule has 0 aliphatic carbocycles. The van der Waals surface area contributed by atoms with E-state index >= 15 is 0 Å². The number of carbonyl (C=O) groups excluding carboxylic acids is 3. The van der Waals surface area contributed by atoms with E-state index in [1.54, 1.807) is 85.3 Å². The van der Waals surface area contributed by atoms with Crippen molar-refractivity contribution in [2.45, 2.75) is 219 Å². The molecule has 25 heteroatoms. The Balaban J connectivity index is 0.000000315. The Kier molecular flexibility index (Phi) is 27.1. The fourth-order valence-electron chi connectivity index (χ4n) is 11.5. The smallest absolute Gasteiger partial charge is 0.311 e. The first kappa shape index (κ1) is 72.5. The van der Waals surface area contributed by atoms with Gasteiger partial charge in [-0.25, -0.2) is 15.0 Å². The van der Waals surface area contributed by atoms with E-state index in [0.717, 1.165) is 23.0 Å². The van der Waals surface area contributed by atoms with Gasteiger partial charge < -0.3 is 93.7 Å². The quantitative estimate of drug-likeness (QED) is 0.0568. The molecule has 1 aromatic carbocycles. The molecule has 0 saturated carbocycles. The van der Waals surface area contributed by atoms with Gasteiger partial charge >= 0.3 is 5.97 Å². The van der Waals surface area contributed by atoms with Crippen molar-refractivity contribution in [3.05, 3.63) is 61.1 Å². The highest BCUT2D eigenvalue weighted by molar-refractivity contribution is 5.88. The molecule has 1 amide bonds. The Labute approximate surface area is 512 Å². The maximum absolute atomic E-state index is 14.2. The fraction of sp³-hybridized carbons (Fsp3) is 0.710. The summed E-state index contributed by atoms with van der Waals surface area (Å²) in [6, 6.07) is 10.8. The van der Waals surface area contributed by atoms with Crippen molar-refractivity contribution in [2.75, 3.05) is 52.1 Å². The Morgan fingerprint density at radius 2 is 1.57 bits per heavy atom. The van der Waals surface area contributed by atoms with E-state index in [2.05, 4.69) is 35.9 Å². The maximum atomic E-state index is 14.2. The second kappa shape index (κ2) is 32.5. The van der Waals surface area contributed by atoms with E-state index in [0.29, 0.717) is 37.1 Å². The summed E-state index contributed by atoms with van der Waals surface area (Å²) >= 11 is 0. The number of ketones is 1. The molecule has 3 fully saturated rings. The number of esters is 1. The van der Waals surface area contributed by atoms with Gasteiger partial charge in [0.1, 0.15) is 71.8 Å². The van der Waals surface area contributed by atoms with E-state index in [4.69, 9.17) is 42.3 Å². The summed E-state index contributed by atoms with van der Waals surface area (Å²) in [6.07, 6.45) is -4.56. The van der Waals surface area contributed by atoms with Crippen molar-refractivity contribution in [1.82, 2.24) is 30.2 Å². The first-order valence-corrected chi connectivity index (χ1v) is 30.1. The van der Waals surface area contributed by atoms with Gasteiger partial charge in [-0.15, -0.1) is 0 Å². The van der Waals surface area contributed by atoms with Crippen LogP contribution in [0.2, 0.25) is 0 Å². The monoisotopic (exact) mass is 1230 g/mol. The lowest BCUT2D eigenvalue weighted by molar-refractivity contribution is -0.319. The number of amides is 1. The number of methoxy groups -OCH3 is 2. The van der Waals surface area contributed by atoms with Crippen LogP contribution in [0.25, 0.3) is 11.5 Å². The predicted molar refractivity (Wildman–Crippen MR) is 323 cm³/mol.